The molecule has 6 heteroatoms. The van der Waals surface area contributed by atoms with E-state index in [2.05, 4.69) is 17.4 Å². The highest BCUT2D eigenvalue weighted by Gasteiger charge is 2.11. The number of carbonyl (C=O) groups excluding carboxylic acids is 1. The monoisotopic (exact) mass is 409 g/mol. The van der Waals surface area contributed by atoms with Gasteiger partial charge in [-0.25, -0.2) is 0 Å². The van der Waals surface area contributed by atoms with E-state index >= 15 is 0 Å². The van der Waals surface area contributed by atoms with E-state index in [-0.39, 0.29) is 5.91 Å². The summed E-state index contributed by atoms with van der Waals surface area (Å²) in [5, 5.41) is 2.85. The maximum atomic E-state index is 12.6. The first-order chi connectivity index (χ1) is 14.2. The van der Waals surface area contributed by atoms with Crippen molar-refractivity contribution in [1.29, 1.82) is 0 Å². The van der Waals surface area contributed by atoms with Crippen LogP contribution < -0.4 is 19.5 Å². The predicted octanol–water partition coefficient (Wildman–Crippen LogP) is 5.13. The first-order valence-electron chi connectivity index (χ1n) is 9.13. The van der Waals surface area contributed by atoms with E-state index in [1.807, 2.05) is 18.2 Å². The minimum atomic E-state index is -0.234. The SMILES string of the molecule is COc1ccc(OC)c(NC(=O)c2ccc(OCCSc3ccccc3)cc2)c1. The Morgan fingerprint density at radius 1 is 0.897 bits per heavy atom. The molecule has 0 aliphatic rings. The van der Waals surface area contributed by atoms with Gasteiger partial charge in [-0.3, -0.25) is 4.79 Å². The molecule has 0 spiro atoms. The van der Waals surface area contributed by atoms with E-state index in [1.165, 1.54) is 4.90 Å². The minimum Gasteiger partial charge on any atom is -0.497 e. The van der Waals surface area contributed by atoms with Crippen LogP contribution in [0.3, 0.4) is 0 Å². The molecule has 0 unspecified atom stereocenters. The normalized spacial score (nSPS) is 10.3. The highest BCUT2D eigenvalue weighted by molar-refractivity contribution is 7.99. The highest BCUT2D eigenvalue weighted by atomic mass is 32.2. The van der Waals surface area contributed by atoms with Crippen LogP contribution in [0.1, 0.15) is 10.4 Å². The van der Waals surface area contributed by atoms with Gasteiger partial charge in [-0.2, -0.15) is 0 Å². The van der Waals surface area contributed by atoms with E-state index in [1.54, 1.807) is 68.4 Å². The van der Waals surface area contributed by atoms with Crippen LogP contribution in [0.4, 0.5) is 5.69 Å². The van der Waals surface area contributed by atoms with Gasteiger partial charge in [0.1, 0.15) is 17.2 Å². The summed E-state index contributed by atoms with van der Waals surface area (Å²) in [5.74, 6) is 2.55. The van der Waals surface area contributed by atoms with Gasteiger partial charge in [0.25, 0.3) is 5.91 Å². The fourth-order valence-corrected chi connectivity index (χ4v) is 3.40. The summed E-state index contributed by atoms with van der Waals surface area (Å²) in [6, 6.07) is 22.5. The molecular formula is C23H23NO4S. The zero-order valence-corrected chi connectivity index (χ0v) is 17.2. The summed E-state index contributed by atoms with van der Waals surface area (Å²) in [6.45, 7) is 0.589. The lowest BCUT2D eigenvalue weighted by Gasteiger charge is -2.12. The summed E-state index contributed by atoms with van der Waals surface area (Å²) in [7, 11) is 3.13. The number of rotatable bonds is 9. The average Bonchev–Trinajstić information content (AvgIpc) is 2.77. The van der Waals surface area contributed by atoms with Gasteiger partial charge in [0.2, 0.25) is 0 Å². The predicted molar refractivity (Wildman–Crippen MR) is 117 cm³/mol. The average molecular weight is 410 g/mol. The van der Waals surface area contributed by atoms with Gasteiger partial charge >= 0.3 is 0 Å². The van der Waals surface area contributed by atoms with Crippen LogP contribution in [-0.2, 0) is 0 Å². The van der Waals surface area contributed by atoms with Crippen LogP contribution in [0.5, 0.6) is 17.2 Å². The van der Waals surface area contributed by atoms with Gasteiger partial charge in [-0.15, -0.1) is 11.8 Å². The molecular weight excluding hydrogens is 386 g/mol. The number of methoxy groups -OCH3 is 2. The quantitative estimate of drug-likeness (QED) is 0.392. The molecule has 0 fully saturated rings. The van der Waals surface area contributed by atoms with Crippen LogP contribution in [0, 0.1) is 0 Å². The molecule has 29 heavy (non-hydrogen) atoms. The zero-order valence-electron chi connectivity index (χ0n) is 16.4. The van der Waals surface area contributed by atoms with Crippen molar-refractivity contribution in [3.05, 3.63) is 78.4 Å². The van der Waals surface area contributed by atoms with Crippen molar-refractivity contribution in [2.24, 2.45) is 0 Å². The molecule has 150 valence electrons. The smallest absolute Gasteiger partial charge is 0.255 e. The number of hydrogen-bond acceptors (Lipinski definition) is 5. The first kappa shape index (κ1) is 20.6. The number of hydrogen-bond donors (Lipinski definition) is 1. The van der Waals surface area contributed by atoms with E-state index < -0.39 is 0 Å². The van der Waals surface area contributed by atoms with Crippen molar-refractivity contribution < 1.29 is 19.0 Å². The number of ether oxygens (including phenoxy) is 3. The molecule has 0 heterocycles. The molecule has 0 atom stereocenters. The van der Waals surface area contributed by atoms with E-state index in [0.29, 0.717) is 29.4 Å². The number of anilines is 1. The van der Waals surface area contributed by atoms with Crippen molar-refractivity contribution >= 4 is 23.4 Å². The molecule has 0 radical (unpaired) electrons. The zero-order chi connectivity index (χ0) is 20.5. The molecule has 3 aromatic carbocycles. The Balaban J connectivity index is 1.53. The molecule has 3 aromatic rings. The molecule has 0 bridgehead atoms. The second-order valence-electron chi connectivity index (χ2n) is 6.05. The topological polar surface area (TPSA) is 56.8 Å². The lowest BCUT2D eigenvalue weighted by molar-refractivity contribution is 0.102. The van der Waals surface area contributed by atoms with Gasteiger partial charge in [0.05, 0.1) is 26.5 Å². The second kappa shape index (κ2) is 10.4. The van der Waals surface area contributed by atoms with Gasteiger partial charge in [-0.05, 0) is 48.5 Å². The molecule has 1 amide bonds. The van der Waals surface area contributed by atoms with E-state index in [0.717, 1.165) is 11.5 Å². The van der Waals surface area contributed by atoms with Crippen LogP contribution in [0.2, 0.25) is 0 Å². The molecule has 0 aliphatic carbocycles. The molecule has 0 aromatic heterocycles. The Kier molecular flexibility index (Phi) is 7.41. The molecule has 1 N–H and O–H groups in total. The summed E-state index contributed by atoms with van der Waals surface area (Å²) < 4.78 is 16.3. The third-order valence-corrected chi connectivity index (χ3v) is 5.11. The lowest BCUT2D eigenvalue weighted by atomic mass is 10.2. The largest absolute Gasteiger partial charge is 0.497 e. The van der Waals surface area contributed by atoms with Crippen molar-refractivity contribution in [3.8, 4) is 17.2 Å². The molecule has 0 aliphatic heterocycles. The maximum absolute atomic E-state index is 12.6. The molecule has 0 saturated carbocycles. The van der Waals surface area contributed by atoms with Crippen LogP contribution in [0.25, 0.3) is 0 Å². The Bertz CT molecular complexity index is 929. The number of benzene rings is 3. The molecule has 5 nitrogen and oxygen atoms in total. The van der Waals surface area contributed by atoms with Crippen molar-refractivity contribution in [2.75, 3.05) is 31.9 Å². The van der Waals surface area contributed by atoms with Gasteiger partial charge in [-0.1, -0.05) is 18.2 Å². The first-order valence-corrected chi connectivity index (χ1v) is 10.1. The summed E-state index contributed by atoms with van der Waals surface area (Å²) in [4.78, 5) is 13.8. The Morgan fingerprint density at radius 3 is 2.31 bits per heavy atom. The van der Waals surface area contributed by atoms with Gasteiger partial charge in [0, 0.05) is 22.3 Å². The highest BCUT2D eigenvalue weighted by Crippen LogP contribution is 2.29. The van der Waals surface area contributed by atoms with E-state index in [4.69, 9.17) is 14.2 Å². The van der Waals surface area contributed by atoms with Crippen molar-refractivity contribution in [3.63, 3.8) is 0 Å². The summed E-state index contributed by atoms with van der Waals surface area (Å²) in [6.07, 6.45) is 0. The summed E-state index contributed by atoms with van der Waals surface area (Å²) in [5.41, 5.74) is 1.08. The number of amides is 1. The Hall–Kier alpha value is -3.12. The standard InChI is InChI=1S/C23H23NO4S/c1-26-19-12-13-22(27-2)21(16-19)24-23(25)17-8-10-18(11-9-17)28-14-15-29-20-6-4-3-5-7-20/h3-13,16H,14-15H2,1-2H3,(H,24,25). The van der Waals surface area contributed by atoms with Crippen LogP contribution in [0.15, 0.2) is 77.7 Å². The third-order valence-electron chi connectivity index (χ3n) is 4.14. The Labute approximate surface area is 175 Å². The van der Waals surface area contributed by atoms with E-state index in [9.17, 15) is 4.79 Å². The number of nitrogens with one attached hydrogen (secondary N) is 1. The second-order valence-corrected chi connectivity index (χ2v) is 7.22. The lowest BCUT2D eigenvalue weighted by Crippen LogP contribution is -2.12. The minimum absolute atomic E-state index is 0.234. The van der Waals surface area contributed by atoms with Gasteiger partial charge in [0.15, 0.2) is 0 Å². The number of thioether (sulfide) groups is 1. The summed E-state index contributed by atoms with van der Waals surface area (Å²) >= 11 is 1.74. The number of carbonyl (C=O) groups is 1. The maximum Gasteiger partial charge on any atom is 0.255 e. The fourth-order valence-electron chi connectivity index (χ4n) is 2.64. The molecule has 0 saturated heterocycles. The van der Waals surface area contributed by atoms with Crippen LogP contribution in [-0.4, -0.2) is 32.5 Å². The van der Waals surface area contributed by atoms with Crippen LogP contribution >= 0.6 is 11.8 Å². The van der Waals surface area contributed by atoms with Crippen molar-refractivity contribution in [2.45, 2.75) is 4.90 Å². The molecule has 3 rings (SSSR count). The Morgan fingerprint density at radius 2 is 1.62 bits per heavy atom. The fraction of sp³-hybridized carbons (Fsp3) is 0.174. The third kappa shape index (κ3) is 5.93. The van der Waals surface area contributed by atoms with Gasteiger partial charge < -0.3 is 19.5 Å². The van der Waals surface area contributed by atoms with Crippen molar-refractivity contribution in [1.82, 2.24) is 0 Å².